The summed E-state index contributed by atoms with van der Waals surface area (Å²) in [4.78, 5) is 16.2. The topological polar surface area (TPSA) is 59.8 Å². The molecular weight excluding hydrogens is 276 g/mol. The van der Waals surface area contributed by atoms with Crippen LogP contribution in [-0.2, 0) is 7.05 Å². The molecule has 3 rings (SSSR count). The molecule has 0 aliphatic rings. The Morgan fingerprint density at radius 1 is 1.25 bits per heavy atom. The van der Waals surface area contributed by atoms with Gasteiger partial charge in [0, 0.05) is 18.6 Å². The van der Waals surface area contributed by atoms with Gasteiger partial charge in [0.05, 0.1) is 11.2 Å². The first-order chi connectivity index (χ1) is 9.66. The number of amides is 1. The molecule has 20 heavy (non-hydrogen) atoms. The third-order valence-electron chi connectivity index (χ3n) is 2.98. The Balaban J connectivity index is 2.00. The van der Waals surface area contributed by atoms with E-state index in [1.165, 1.54) is 0 Å². The van der Waals surface area contributed by atoms with Gasteiger partial charge in [-0.05, 0) is 18.2 Å². The van der Waals surface area contributed by atoms with Gasteiger partial charge < -0.3 is 5.32 Å². The van der Waals surface area contributed by atoms with E-state index in [1.807, 2.05) is 24.3 Å². The van der Waals surface area contributed by atoms with E-state index in [2.05, 4.69) is 15.4 Å². The summed E-state index contributed by atoms with van der Waals surface area (Å²) in [5.41, 5.74) is 1.73. The summed E-state index contributed by atoms with van der Waals surface area (Å²) in [7, 11) is 1.80. The van der Waals surface area contributed by atoms with Crippen LogP contribution in [0.3, 0.4) is 0 Å². The fourth-order valence-corrected chi connectivity index (χ4v) is 2.21. The minimum absolute atomic E-state index is 0.251. The number of carbonyl (C=O) groups is 1. The number of aromatic nitrogens is 3. The Hall–Kier alpha value is -2.40. The number of benzene rings is 1. The minimum atomic E-state index is -0.309. The quantitative estimate of drug-likeness (QED) is 0.737. The van der Waals surface area contributed by atoms with Gasteiger partial charge in [-0.2, -0.15) is 5.10 Å². The van der Waals surface area contributed by atoms with Crippen LogP contribution >= 0.6 is 11.6 Å². The summed E-state index contributed by atoms with van der Waals surface area (Å²) in [6.45, 7) is 0. The Kier molecular flexibility index (Phi) is 3.12. The molecule has 0 spiro atoms. The van der Waals surface area contributed by atoms with Gasteiger partial charge >= 0.3 is 0 Å². The van der Waals surface area contributed by atoms with Gasteiger partial charge in [-0.1, -0.05) is 29.8 Å². The maximum absolute atomic E-state index is 12.3. The molecule has 0 radical (unpaired) electrons. The fraction of sp³-hybridized carbons (Fsp3) is 0.0714. The van der Waals surface area contributed by atoms with Crippen molar-refractivity contribution in [1.29, 1.82) is 0 Å². The molecule has 1 aromatic carbocycles. The molecule has 0 bridgehead atoms. The van der Waals surface area contributed by atoms with E-state index in [4.69, 9.17) is 11.6 Å². The third kappa shape index (κ3) is 2.12. The van der Waals surface area contributed by atoms with Crippen LogP contribution in [0.4, 0.5) is 5.69 Å². The number of para-hydroxylation sites is 1. The lowest BCUT2D eigenvalue weighted by Gasteiger charge is -2.04. The predicted molar refractivity (Wildman–Crippen MR) is 77.9 cm³/mol. The molecule has 100 valence electrons. The highest BCUT2D eigenvalue weighted by molar-refractivity contribution is 6.32. The summed E-state index contributed by atoms with van der Waals surface area (Å²) >= 11 is 5.93. The number of pyridine rings is 1. The van der Waals surface area contributed by atoms with E-state index in [9.17, 15) is 4.79 Å². The van der Waals surface area contributed by atoms with Crippen LogP contribution in [0.2, 0.25) is 5.15 Å². The van der Waals surface area contributed by atoms with E-state index >= 15 is 0 Å². The second-order valence-electron chi connectivity index (χ2n) is 4.29. The molecule has 0 aliphatic carbocycles. The summed E-state index contributed by atoms with van der Waals surface area (Å²) in [5.74, 6) is -0.309. The minimum Gasteiger partial charge on any atom is -0.318 e. The number of aryl methyl sites for hydroxylation is 1. The number of anilines is 1. The monoisotopic (exact) mass is 286 g/mol. The highest BCUT2D eigenvalue weighted by Crippen LogP contribution is 2.21. The van der Waals surface area contributed by atoms with Crippen molar-refractivity contribution < 1.29 is 4.79 Å². The maximum atomic E-state index is 12.3. The molecule has 2 aromatic heterocycles. The molecule has 6 heteroatoms. The van der Waals surface area contributed by atoms with Crippen LogP contribution in [0.25, 0.3) is 10.9 Å². The lowest BCUT2D eigenvalue weighted by atomic mass is 10.2. The van der Waals surface area contributed by atoms with Crippen LogP contribution in [0.15, 0.2) is 42.6 Å². The average molecular weight is 287 g/mol. The second-order valence-corrected chi connectivity index (χ2v) is 4.64. The zero-order valence-corrected chi connectivity index (χ0v) is 11.4. The Labute approximate surface area is 120 Å². The number of nitrogens with one attached hydrogen (secondary N) is 1. The summed E-state index contributed by atoms with van der Waals surface area (Å²) in [6, 6.07) is 11.0. The smallest absolute Gasteiger partial charge is 0.276 e. The number of nitrogens with zero attached hydrogens (tertiary/aromatic N) is 3. The van der Waals surface area contributed by atoms with Crippen molar-refractivity contribution >= 4 is 34.1 Å². The van der Waals surface area contributed by atoms with Crippen molar-refractivity contribution in [3.05, 3.63) is 53.4 Å². The van der Waals surface area contributed by atoms with Crippen molar-refractivity contribution in [2.75, 3.05) is 5.32 Å². The van der Waals surface area contributed by atoms with Crippen molar-refractivity contribution in [3.63, 3.8) is 0 Å². The molecule has 5 nitrogen and oxygen atoms in total. The maximum Gasteiger partial charge on any atom is 0.276 e. The lowest BCUT2D eigenvalue weighted by molar-refractivity contribution is 0.102. The first-order valence-corrected chi connectivity index (χ1v) is 6.38. The lowest BCUT2D eigenvalue weighted by Crippen LogP contribution is -2.13. The van der Waals surface area contributed by atoms with Crippen molar-refractivity contribution in [2.45, 2.75) is 0 Å². The highest BCUT2D eigenvalue weighted by Gasteiger charge is 2.16. The Bertz CT molecular complexity index is 797. The highest BCUT2D eigenvalue weighted by atomic mass is 35.5. The van der Waals surface area contributed by atoms with Gasteiger partial charge in [0.2, 0.25) is 0 Å². The van der Waals surface area contributed by atoms with E-state index in [0.717, 1.165) is 10.9 Å². The first-order valence-electron chi connectivity index (χ1n) is 6.00. The van der Waals surface area contributed by atoms with Crippen molar-refractivity contribution in [2.24, 2.45) is 7.05 Å². The molecule has 0 fully saturated rings. The SMILES string of the molecule is Cn1nc(C(=O)Nc2cccnc2Cl)c2ccccc21. The number of hydrogen-bond acceptors (Lipinski definition) is 3. The van der Waals surface area contributed by atoms with Crippen molar-refractivity contribution in [1.82, 2.24) is 14.8 Å². The molecule has 0 saturated heterocycles. The van der Waals surface area contributed by atoms with Crippen LogP contribution in [0.1, 0.15) is 10.5 Å². The van der Waals surface area contributed by atoms with E-state index in [-0.39, 0.29) is 11.1 Å². The van der Waals surface area contributed by atoms with Gasteiger partial charge in [-0.25, -0.2) is 4.98 Å². The summed E-state index contributed by atoms with van der Waals surface area (Å²) < 4.78 is 1.68. The molecule has 0 atom stereocenters. The van der Waals surface area contributed by atoms with E-state index in [0.29, 0.717) is 11.4 Å². The zero-order valence-electron chi connectivity index (χ0n) is 10.7. The molecule has 0 unspecified atom stereocenters. The normalized spacial score (nSPS) is 10.7. The summed E-state index contributed by atoms with van der Waals surface area (Å²) in [6.07, 6.45) is 1.56. The molecule has 0 aliphatic heterocycles. The predicted octanol–water partition coefficient (Wildman–Crippen LogP) is 2.87. The molecule has 1 N–H and O–H groups in total. The van der Waals surface area contributed by atoms with Gasteiger partial charge in [0.1, 0.15) is 0 Å². The number of fused-ring (bicyclic) bond motifs is 1. The fourth-order valence-electron chi connectivity index (χ4n) is 2.04. The van der Waals surface area contributed by atoms with Crippen LogP contribution in [-0.4, -0.2) is 20.7 Å². The van der Waals surface area contributed by atoms with Crippen LogP contribution in [0, 0.1) is 0 Å². The van der Waals surface area contributed by atoms with Gasteiger partial charge in [0.25, 0.3) is 5.91 Å². The number of halogens is 1. The largest absolute Gasteiger partial charge is 0.318 e. The average Bonchev–Trinajstić information content (AvgIpc) is 2.79. The zero-order chi connectivity index (χ0) is 14.1. The van der Waals surface area contributed by atoms with Gasteiger partial charge in [-0.3, -0.25) is 9.48 Å². The first kappa shape index (κ1) is 12.6. The van der Waals surface area contributed by atoms with E-state index < -0.39 is 0 Å². The number of hydrogen-bond donors (Lipinski definition) is 1. The molecular formula is C14H11ClN4O. The van der Waals surface area contributed by atoms with E-state index in [1.54, 1.807) is 30.1 Å². The third-order valence-corrected chi connectivity index (χ3v) is 3.28. The second kappa shape index (κ2) is 4.94. The Morgan fingerprint density at radius 3 is 2.85 bits per heavy atom. The standard InChI is InChI=1S/C14H11ClN4O/c1-19-11-7-3-2-5-9(11)12(18-19)14(20)17-10-6-4-8-16-13(10)15/h2-8H,1H3,(H,17,20). The number of rotatable bonds is 2. The Morgan fingerprint density at radius 2 is 2.05 bits per heavy atom. The van der Waals surface area contributed by atoms with Gasteiger partial charge in [-0.15, -0.1) is 0 Å². The van der Waals surface area contributed by atoms with Crippen LogP contribution in [0.5, 0.6) is 0 Å². The van der Waals surface area contributed by atoms with Crippen LogP contribution < -0.4 is 5.32 Å². The molecule has 1 amide bonds. The molecule has 2 heterocycles. The molecule has 0 saturated carbocycles. The molecule has 3 aromatic rings. The number of carbonyl (C=O) groups excluding carboxylic acids is 1. The van der Waals surface area contributed by atoms with Gasteiger partial charge in [0.15, 0.2) is 10.8 Å². The van der Waals surface area contributed by atoms with Crippen molar-refractivity contribution in [3.8, 4) is 0 Å². The summed E-state index contributed by atoms with van der Waals surface area (Å²) in [5, 5.41) is 8.03.